The largest absolute Gasteiger partial charge is 0.573 e. The third-order valence-electron chi connectivity index (χ3n) is 1.61. The Balaban J connectivity index is 3.33. The van der Waals surface area contributed by atoms with Crippen LogP contribution in [0.15, 0.2) is 10.8 Å². The Bertz CT molecular complexity index is 441. The van der Waals surface area contributed by atoms with Gasteiger partial charge in [-0.25, -0.2) is 4.98 Å². The second-order valence-electron chi connectivity index (χ2n) is 2.64. The molecule has 0 aromatic carbocycles. The van der Waals surface area contributed by atoms with E-state index in [9.17, 15) is 13.2 Å². The Kier molecular flexibility index (Phi) is 3.72. The van der Waals surface area contributed by atoms with Gasteiger partial charge in [0.25, 0.3) is 0 Å². The summed E-state index contributed by atoms with van der Waals surface area (Å²) in [6, 6.07) is 1.57. The Morgan fingerprint density at radius 3 is 2.62 bits per heavy atom. The van der Waals surface area contributed by atoms with Crippen molar-refractivity contribution in [1.82, 2.24) is 4.98 Å². The molecule has 0 bridgehead atoms. The molecule has 0 aliphatic rings. The fourth-order valence-electron chi connectivity index (χ4n) is 0.987. The standard InChI is InChI=1S/C8H5BrF3N3O/c9-7-5(2-14)6(16-8(10,11)12)4(1-13)3-15-7/h3H,1,13H2. The SMILES string of the molecule is N#Cc1c(Br)ncc(CN)c1OC(F)(F)F. The summed E-state index contributed by atoms with van der Waals surface area (Å²) in [7, 11) is 0. The molecule has 0 atom stereocenters. The molecule has 0 radical (unpaired) electrons. The topological polar surface area (TPSA) is 71.9 Å². The van der Waals surface area contributed by atoms with Gasteiger partial charge >= 0.3 is 6.36 Å². The Morgan fingerprint density at radius 1 is 1.56 bits per heavy atom. The van der Waals surface area contributed by atoms with E-state index < -0.39 is 12.1 Å². The molecular formula is C8H5BrF3N3O. The van der Waals surface area contributed by atoms with Gasteiger partial charge < -0.3 is 10.5 Å². The van der Waals surface area contributed by atoms with Gasteiger partial charge in [-0.1, -0.05) is 0 Å². The highest BCUT2D eigenvalue weighted by Crippen LogP contribution is 2.32. The number of alkyl halides is 3. The van der Waals surface area contributed by atoms with Crippen LogP contribution in [0.25, 0.3) is 0 Å². The van der Waals surface area contributed by atoms with Gasteiger partial charge in [-0.3, -0.25) is 0 Å². The number of nitrogens with two attached hydrogens (primary N) is 1. The maximum absolute atomic E-state index is 12.1. The fourth-order valence-corrected chi connectivity index (χ4v) is 1.36. The van der Waals surface area contributed by atoms with E-state index in [1.54, 1.807) is 6.07 Å². The first-order valence-corrected chi connectivity index (χ1v) is 4.71. The van der Waals surface area contributed by atoms with Gasteiger partial charge in [0.15, 0.2) is 5.75 Å². The minimum atomic E-state index is -4.88. The third-order valence-corrected chi connectivity index (χ3v) is 2.21. The lowest BCUT2D eigenvalue weighted by molar-refractivity contribution is -0.275. The normalized spacial score (nSPS) is 11.0. The lowest BCUT2D eigenvalue weighted by Crippen LogP contribution is -2.20. The monoisotopic (exact) mass is 295 g/mol. The number of nitrogens with zero attached hydrogens (tertiary/aromatic N) is 2. The molecule has 0 saturated heterocycles. The first-order chi connectivity index (χ1) is 7.39. The van der Waals surface area contributed by atoms with Crippen molar-refractivity contribution in [3.63, 3.8) is 0 Å². The summed E-state index contributed by atoms with van der Waals surface area (Å²) in [6.45, 7) is -0.208. The average Bonchev–Trinajstić information content (AvgIpc) is 2.16. The number of nitriles is 1. The number of pyridine rings is 1. The zero-order valence-corrected chi connectivity index (χ0v) is 9.26. The maximum atomic E-state index is 12.1. The molecule has 0 aliphatic heterocycles. The Morgan fingerprint density at radius 2 is 2.19 bits per heavy atom. The molecule has 0 amide bonds. The lowest BCUT2D eigenvalue weighted by atomic mass is 10.2. The van der Waals surface area contributed by atoms with Crippen LogP contribution in [0, 0.1) is 11.3 Å². The summed E-state index contributed by atoms with van der Waals surface area (Å²) in [5, 5.41) is 8.71. The third kappa shape index (κ3) is 2.84. The summed E-state index contributed by atoms with van der Waals surface area (Å²) in [6.07, 6.45) is -3.76. The predicted octanol–water partition coefficient (Wildman–Crippen LogP) is 2.07. The molecule has 0 spiro atoms. The molecule has 2 N–H and O–H groups in total. The number of hydrogen-bond donors (Lipinski definition) is 1. The minimum Gasteiger partial charge on any atom is -0.404 e. The van der Waals surface area contributed by atoms with Crippen LogP contribution < -0.4 is 10.5 Å². The van der Waals surface area contributed by atoms with Gasteiger partial charge in [0.1, 0.15) is 16.2 Å². The Hall–Kier alpha value is -1.33. The highest BCUT2D eigenvalue weighted by atomic mass is 79.9. The van der Waals surface area contributed by atoms with E-state index in [0.29, 0.717) is 0 Å². The first-order valence-electron chi connectivity index (χ1n) is 3.92. The van der Waals surface area contributed by atoms with Gasteiger partial charge in [0, 0.05) is 18.3 Å². The zero-order chi connectivity index (χ0) is 12.3. The quantitative estimate of drug-likeness (QED) is 0.848. The van der Waals surface area contributed by atoms with Crippen LogP contribution in [0.4, 0.5) is 13.2 Å². The van der Waals surface area contributed by atoms with Crippen molar-refractivity contribution in [2.75, 3.05) is 0 Å². The minimum absolute atomic E-state index is 0.0112. The lowest BCUT2D eigenvalue weighted by Gasteiger charge is -2.13. The second-order valence-corrected chi connectivity index (χ2v) is 3.39. The molecule has 4 nitrogen and oxygen atoms in total. The van der Waals surface area contributed by atoms with Crippen molar-refractivity contribution in [3.8, 4) is 11.8 Å². The van der Waals surface area contributed by atoms with E-state index in [1.165, 1.54) is 0 Å². The van der Waals surface area contributed by atoms with Crippen molar-refractivity contribution in [3.05, 3.63) is 21.9 Å². The van der Waals surface area contributed by atoms with Crippen LogP contribution in [-0.4, -0.2) is 11.3 Å². The summed E-state index contributed by atoms with van der Waals surface area (Å²) < 4.78 is 40.0. The van der Waals surface area contributed by atoms with E-state index in [4.69, 9.17) is 11.0 Å². The molecule has 0 aliphatic carbocycles. The average molecular weight is 296 g/mol. The molecule has 0 fully saturated rings. The summed E-state index contributed by atoms with van der Waals surface area (Å²) in [5.41, 5.74) is 4.91. The van der Waals surface area contributed by atoms with E-state index in [2.05, 4.69) is 25.7 Å². The first kappa shape index (κ1) is 12.7. The molecule has 16 heavy (non-hydrogen) atoms. The number of ether oxygens (including phenoxy) is 1. The van der Waals surface area contributed by atoms with Crippen molar-refractivity contribution < 1.29 is 17.9 Å². The van der Waals surface area contributed by atoms with Crippen molar-refractivity contribution >= 4 is 15.9 Å². The highest BCUT2D eigenvalue weighted by Gasteiger charge is 2.34. The van der Waals surface area contributed by atoms with E-state index in [1.807, 2.05) is 0 Å². The molecule has 1 rings (SSSR count). The number of rotatable bonds is 2. The van der Waals surface area contributed by atoms with Crippen LogP contribution in [-0.2, 0) is 6.54 Å². The molecule has 8 heteroatoms. The van der Waals surface area contributed by atoms with Gasteiger partial charge in [-0.05, 0) is 15.9 Å². The van der Waals surface area contributed by atoms with E-state index in [-0.39, 0.29) is 22.3 Å². The van der Waals surface area contributed by atoms with Gasteiger partial charge in [0.05, 0.1) is 0 Å². The van der Waals surface area contributed by atoms with Crippen molar-refractivity contribution in [2.24, 2.45) is 5.73 Å². The number of halogens is 4. The maximum Gasteiger partial charge on any atom is 0.573 e. The van der Waals surface area contributed by atoms with E-state index >= 15 is 0 Å². The molecule has 1 heterocycles. The molecule has 1 aromatic heterocycles. The zero-order valence-electron chi connectivity index (χ0n) is 7.68. The van der Waals surface area contributed by atoms with Crippen molar-refractivity contribution in [2.45, 2.75) is 12.9 Å². The van der Waals surface area contributed by atoms with Gasteiger partial charge in [-0.2, -0.15) is 5.26 Å². The van der Waals surface area contributed by atoms with Crippen LogP contribution >= 0.6 is 15.9 Å². The van der Waals surface area contributed by atoms with Crippen LogP contribution in [0.1, 0.15) is 11.1 Å². The summed E-state index contributed by atoms with van der Waals surface area (Å²) in [4.78, 5) is 3.68. The highest BCUT2D eigenvalue weighted by molar-refractivity contribution is 9.10. The van der Waals surface area contributed by atoms with Crippen LogP contribution in [0.5, 0.6) is 5.75 Å². The van der Waals surface area contributed by atoms with E-state index in [0.717, 1.165) is 6.20 Å². The summed E-state index contributed by atoms with van der Waals surface area (Å²) in [5.74, 6) is -0.612. The number of hydrogen-bond acceptors (Lipinski definition) is 4. The molecule has 0 saturated carbocycles. The predicted molar refractivity (Wildman–Crippen MR) is 51.2 cm³/mol. The fraction of sp³-hybridized carbons (Fsp3) is 0.250. The molecule has 1 aromatic rings. The number of aromatic nitrogens is 1. The molecule has 0 unspecified atom stereocenters. The van der Waals surface area contributed by atoms with Gasteiger partial charge in [0.2, 0.25) is 0 Å². The Labute approximate surface area is 97.0 Å². The molecular weight excluding hydrogens is 291 g/mol. The summed E-state index contributed by atoms with van der Waals surface area (Å²) >= 11 is 2.86. The molecule has 86 valence electrons. The van der Waals surface area contributed by atoms with Crippen molar-refractivity contribution in [1.29, 1.82) is 5.26 Å². The van der Waals surface area contributed by atoms with Gasteiger partial charge in [-0.15, -0.1) is 13.2 Å². The van der Waals surface area contributed by atoms with Crippen LogP contribution in [0.3, 0.4) is 0 Å². The van der Waals surface area contributed by atoms with Crippen LogP contribution in [0.2, 0.25) is 0 Å². The second kappa shape index (κ2) is 4.67. The smallest absolute Gasteiger partial charge is 0.404 e.